The SMILES string of the molecule is COc1ccc([C@H]2N=C(c3ccc(Cl)cc3)C[C@H](c3ccccc3O)N2)cc1. The molecule has 0 saturated carbocycles. The second kappa shape index (κ2) is 8.05. The molecule has 2 atom stereocenters. The van der Waals surface area contributed by atoms with Gasteiger partial charge >= 0.3 is 0 Å². The van der Waals surface area contributed by atoms with Gasteiger partial charge in [-0.05, 0) is 41.5 Å². The first-order chi connectivity index (χ1) is 13.6. The van der Waals surface area contributed by atoms with Gasteiger partial charge in [0.05, 0.1) is 7.11 Å². The Kier molecular flexibility index (Phi) is 5.33. The van der Waals surface area contributed by atoms with Crippen LogP contribution >= 0.6 is 11.6 Å². The van der Waals surface area contributed by atoms with Crippen molar-refractivity contribution < 1.29 is 9.84 Å². The van der Waals surface area contributed by atoms with Crippen LogP contribution in [0.15, 0.2) is 77.8 Å². The van der Waals surface area contributed by atoms with Crippen molar-refractivity contribution in [1.82, 2.24) is 5.32 Å². The molecule has 142 valence electrons. The number of aliphatic imine (C=N–C) groups is 1. The highest BCUT2D eigenvalue weighted by Crippen LogP contribution is 2.34. The molecule has 28 heavy (non-hydrogen) atoms. The second-order valence-corrected chi connectivity index (χ2v) is 7.18. The number of hydrogen-bond donors (Lipinski definition) is 2. The quantitative estimate of drug-likeness (QED) is 0.635. The highest BCUT2D eigenvalue weighted by molar-refractivity contribution is 6.30. The van der Waals surface area contributed by atoms with E-state index in [9.17, 15) is 5.11 Å². The summed E-state index contributed by atoms with van der Waals surface area (Å²) in [6.07, 6.45) is 0.446. The first-order valence-corrected chi connectivity index (χ1v) is 9.52. The van der Waals surface area contributed by atoms with Crippen LogP contribution in [0.4, 0.5) is 0 Å². The summed E-state index contributed by atoms with van der Waals surface area (Å²) in [5, 5.41) is 14.6. The van der Waals surface area contributed by atoms with Crippen LogP contribution in [0, 0.1) is 0 Å². The summed E-state index contributed by atoms with van der Waals surface area (Å²) in [5.74, 6) is 1.09. The summed E-state index contributed by atoms with van der Waals surface area (Å²) >= 11 is 6.05. The lowest BCUT2D eigenvalue weighted by Gasteiger charge is -2.31. The van der Waals surface area contributed by atoms with E-state index >= 15 is 0 Å². The summed E-state index contributed by atoms with van der Waals surface area (Å²) < 4.78 is 5.26. The lowest BCUT2D eigenvalue weighted by Crippen LogP contribution is -2.33. The van der Waals surface area contributed by atoms with Gasteiger partial charge in [-0.3, -0.25) is 10.3 Å². The average Bonchev–Trinajstić information content (AvgIpc) is 2.74. The van der Waals surface area contributed by atoms with Crippen LogP contribution in [-0.4, -0.2) is 17.9 Å². The molecular formula is C23H21ClN2O2. The number of aromatic hydroxyl groups is 1. The number of ether oxygens (including phenoxy) is 1. The molecule has 4 rings (SSSR count). The van der Waals surface area contributed by atoms with E-state index in [1.165, 1.54) is 0 Å². The fourth-order valence-electron chi connectivity index (χ4n) is 3.46. The van der Waals surface area contributed by atoms with Gasteiger partial charge in [0.2, 0.25) is 0 Å². The Morgan fingerprint density at radius 2 is 1.71 bits per heavy atom. The Balaban J connectivity index is 1.73. The maximum atomic E-state index is 10.4. The highest BCUT2D eigenvalue weighted by Gasteiger charge is 2.27. The molecular weight excluding hydrogens is 372 g/mol. The number of halogens is 1. The van der Waals surface area contributed by atoms with E-state index in [2.05, 4.69) is 5.32 Å². The van der Waals surface area contributed by atoms with Crippen LogP contribution in [0.5, 0.6) is 11.5 Å². The Morgan fingerprint density at radius 3 is 2.39 bits per heavy atom. The Morgan fingerprint density at radius 1 is 1.00 bits per heavy atom. The van der Waals surface area contributed by atoms with Gasteiger partial charge in [-0.15, -0.1) is 0 Å². The van der Waals surface area contributed by atoms with Gasteiger partial charge < -0.3 is 9.84 Å². The second-order valence-electron chi connectivity index (χ2n) is 6.74. The van der Waals surface area contributed by atoms with Gasteiger partial charge in [0.15, 0.2) is 0 Å². The summed E-state index contributed by atoms with van der Waals surface area (Å²) in [4.78, 5) is 4.95. The number of rotatable bonds is 4. The van der Waals surface area contributed by atoms with Crippen LogP contribution < -0.4 is 10.1 Å². The van der Waals surface area contributed by atoms with E-state index in [0.29, 0.717) is 11.4 Å². The van der Waals surface area contributed by atoms with E-state index in [1.807, 2.05) is 66.7 Å². The molecule has 0 aromatic heterocycles. The number of hydrogen-bond acceptors (Lipinski definition) is 4. The first kappa shape index (κ1) is 18.5. The molecule has 1 heterocycles. The molecule has 3 aromatic rings. The summed E-state index contributed by atoms with van der Waals surface area (Å²) in [7, 11) is 1.65. The number of phenolic OH excluding ortho intramolecular Hbond substituents is 1. The fourth-order valence-corrected chi connectivity index (χ4v) is 3.59. The molecule has 0 spiro atoms. The number of para-hydroxylation sites is 1. The zero-order chi connectivity index (χ0) is 19.5. The molecule has 5 heteroatoms. The predicted octanol–water partition coefficient (Wildman–Crippen LogP) is 5.28. The van der Waals surface area contributed by atoms with Crippen molar-refractivity contribution in [3.05, 3.63) is 94.5 Å². The molecule has 0 fully saturated rings. The lowest BCUT2D eigenvalue weighted by atomic mass is 9.93. The van der Waals surface area contributed by atoms with Crippen LogP contribution in [0.1, 0.15) is 35.3 Å². The van der Waals surface area contributed by atoms with E-state index in [0.717, 1.165) is 28.2 Å². The summed E-state index contributed by atoms with van der Waals surface area (Å²) in [6.45, 7) is 0. The zero-order valence-electron chi connectivity index (χ0n) is 15.5. The van der Waals surface area contributed by atoms with E-state index in [4.69, 9.17) is 21.3 Å². The Bertz CT molecular complexity index is 984. The molecule has 0 unspecified atom stereocenters. The minimum atomic E-state index is -0.227. The van der Waals surface area contributed by atoms with Gasteiger partial charge in [-0.2, -0.15) is 0 Å². The van der Waals surface area contributed by atoms with Gasteiger partial charge in [-0.25, -0.2) is 0 Å². The van der Waals surface area contributed by atoms with Crippen molar-refractivity contribution >= 4 is 17.3 Å². The largest absolute Gasteiger partial charge is 0.508 e. The molecule has 0 saturated heterocycles. The van der Waals surface area contributed by atoms with Crippen molar-refractivity contribution in [1.29, 1.82) is 0 Å². The molecule has 0 amide bonds. The van der Waals surface area contributed by atoms with E-state index < -0.39 is 0 Å². The number of methoxy groups -OCH3 is 1. The molecule has 1 aliphatic heterocycles. The highest BCUT2D eigenvalue weighted by atomic mass is 35.5. The van der Waals surface area contributed by atoms with Crippen molar-refractivity contribution in [2.75, 3.05) is 7.11 Å². The van der Waals surface area contributed by atoms with Crippen LogP contribution in [0.25, 0.3) is 0 Å². The molecule has 0 radical (unpaired) electrons. The topological polar surface area (TPSA) is 53.9 Å². The maximum absolute atomic E-state index is 10.4. The van der Waals surface area contributed by atoms with Crippen molar-refractivity contribution in [2.45, 2.75) is 18.6 Å². The van der Waals surface area contributed by atoms with Gasteiger partial charge in [0.1, 0.15) is 17.7 Å². The minimum absolute atomic E-state index is 0.0588. The maximum Gasteiger partial charge on any atom is 0.126 e. The smallest absolute Gasteiger partial charge is 0.126 e. The van der Waals surface area contributed by atoms with Gasteiger partial charge in [0, 0.05) is 28.8 Å². The summed E-state index contributed by atoms with van der Waals surface area (Å²) in [6, 6.07) is 23.0. The zero-order valence-corrected chi connectivity index (χ0v) is 16.2. The Hall–Kier alpha value is -2.82. The van der Waals surface area contributed by atoms with Gasteiger partial charge in [0.25, 0.3) is 0 Å². The third-order valence-electron chi connectivity index (χ3n) is 4.96. The molecule has 0 aliphatic carbocycles. The molecule has 1 aliphatic rings. The number of nitrogens with one attached hydrogen (secondary N) is 1. The normalized spacial score (nSPS) is 19.1. The fraction of sp³-hybridized carbons (Fsp3) is 0.174. The Labute approximate surface area is 169 Å². The molecule has 4 nitrogen and oxygen atoms in total. The van der Waals surface area contributed by atoms with E-state index in [1.54, 1.807) is 13.2 Å². The number of phenols is 1. The first-order valence-electron chi connectivity index (χ1n) is 9.14. The van der Waals surface area contributed by atoms with Crippen molar-refractivity contribution in [2.24, 2.45) is 4.99 Å². The summed E-state index contributed by atoms with van der Waals surface area (Å²) in [5.41, 5.74) is 3.91. The van der Waals surface area contributed by atoms with Crippen molar-refractivity contribution in [3.63, 3.8) is 0 Å². The van der Waals surface area contributed by atoms with E-state index in [-0.39, 0.29) is 18.0 Å². The number of benzene rings is 3. The third-order valence-corrected chi connectivity index (χ3v) is 5.21. The molecule has 0 bridgehead atoms. The van der Waals surface area contributed by atoms with Gasteiger partial charge in [-0.1, -0.05) is 54.1 Å². The van der Waals surface area contributed by atoms with Crippen LogP contribution in [0.3, 0.4) is 0 Å². The molecule has 3 aromatic carbocycles. The predicted molar refractivity (Wildman–Crippen MR) is 112 cm³/mol. The number of nitrogens with zero attached hydrogens (tertiary/aromatic N) is 1. The minimum Gasteiger partial charge on any atom is -0.508 e. The average molecular weight is 393 g/mol. The van der Waals surface area contributed by atoms with Crippen molar-refractivity contribution in [3.8, 4) is 11.5 Å². The third kappa shape index (κ3) is 3.88. The molecule has 2 N–H and O–H groups in total. The lowest BCUT2D eigenvalue weighted by molar-refractivity contribution is 0.408. The van der Waals surface area contributed by atoms with Crippen LogP contribution in [0.2, 0.25) is 5.02 Å². The van der Waals surface area contributed by atoms with Crippen LogP contribution in [-0.2, 0) is 0 Å². The standard InChI is InChI=1S/C23H21ClN2O2/c1-28-18-12-8-16(9-13-18)23-25-20(15-6-10-17(24)11-7-15)14-21(26-23)19-4-2-3-5-22(19)27/h2-13,21,23,26-27H,14H2,1H3/t21-,23+/m1/s1. The monoisotopic (exact) mass is 392 g/mol.